The summed E-state index contributed by atoms with van der Waals surface area (Å²) >= 11 is 0. The van der Waals surface area contributed by atoms with Gasteiger partial charge in [0.2, 0.25) is 17.4 Å². The molecule has 1 N–H and O–H groups in total. The molecule has 51 heavy (non-hydrogen) atoms. The number of H-pyrrole nitrogens is 1. The fourth-order valence-corrected chi connectivity index (χ4v) is 6.66. The van der Waals surface area contributed by atoms with Gasteiger partial charge in [0.25, 0.3) is 0 Å². The van der Waals surface area contributed by atoms with Crippen LogP contribution < -0.4 is 15.4 Å². The van der Waals surface area contributed by atoms with Crippen molar-refractivity contribution in [2.45, 2.75) is 90.1 Å². The molecule has 0 spiro atoms. The van der Waals surface area contributed by atoms with Crippen molar-refractivity contribution in [1.82, 2.24) is 29.9 Å². The van der Waals surface area contributed by atoms with Crippen LogP contribution in [-0.4, -0.2) is 53.8 Å². The molecule has 2 amide bonds. The van der Waals surface area contributed by atoms with Crippen LogP contribution in [0.25, 0.3) is 22.5 Å². The number of carbonyl (C=O) groups excluding carboxylic acids is 2. The molecule has 0 atom stereocenters. The molecule has 0 unspecified atom stereocenters. The molecule has 4 aliphatic rings. The highest BCUT2D eigenvalue weighted by Gasteiger charge is 2.50. The van der Waals surface area contributed by atoms with E-state index in [0.717, 1.165) is 82.1 Å². The highest BCUT2D eigenvalue weighted by atomic mass is 16.2. The number of aromatic amines is 1. The molecule has 7 heterocycles. The fraction of sp³-hybridized carbons (Fsp3) is 0.350. The third kappa shape index (κ3) is 6.44. The molecule has 0 saturated heterocycles. The Hall–Kier alpha value is -5.58. The van der Waals surface area contributed by atoms with Crippen LogP contribution in [-0.2, 0) is 20.4 Å². The number of anilines is 2. The van der Waals surface area contributed by atoms with Gasteiger partial charge < -0.3 is 14.8 Å². The first-order valence-corrected chi connectivity index (χ1v) is 17.4. The zero-order valence-electron chi connectivity index (χ0n) is 29.8. The average molecular weight is 683 g/mol. The van der Waals surface area contributed by atoms with Gasteiger partial charge in [-0.25, -0.2) is 9.97 Å². The lowest BCUT2D eigenvalue weighted by Crippen LogP contribution is -2.37. The van der Waals surface area contributed by atoms with E-state index in [9.17, 15) is 14.4 Å². The quantitative estimate of drug-likeness (QED) is 0.235. The molecule has 2 saturated carbocycles. The van der Waals surface area contributed by atoms with Crippen LogP contribution in [0, 0.1) is 13.8 Å². The van der Waals surface area contributed by atoms with Gasteiger partial charge in [-0.1, -0.05) is 6.07 Å². The lowest BCUT2D eigenvalue weighted by molar-refractivity contribution is -0.122. The van der Waals surface area contributed by atoms with Crippen LogP contribution in [0.5, 0.6) is 0 Å². The van der Waals surface area contributed by atoms with Crippen molar-refractivity contribution in [2.24, 2.45) is 0 Å². The van der Waals surface area contributed by atoms with Gasteiger partial charge in [0, 0.05) is 83.8 Å². The Bertz CT molecular complexity index is 2170. The van der Waals surface area contributed by atoms with Crippen LogP contribution in [0.15, 0.2) is 84.6 Å². The molecule has 0 aromatic carbocycles. The summed E-state index contributed by atoms with van der Waals surface area (Å²) in [6.45, 7) is 11.8. The summed E-state index contributed by atoms with van der Waals surface area (Å²) in [5, 5.41) is 0. The summed E-state index contributed by atoms with van der Waals surface area (Å²) in [5.41, 5.74) is 7.85. The minimum atomic E-state index is -0.493. The second-order valence-electron chi connectivity index (χ2n) is 14.7. The number of carbonyl (C=O) groups is 2. The van der Waals surface area contributed by atoms with Gasteiger partial charge in [0.1, 0.15) is 5.82 Å². The standard InChI is InChI=1S/C18H19N3O.C17H18N4O.C5H5NO/c1-11-9-19-7-6-13(11)15-8-16-14(10-20-15)18(2,3)17(22)21(16)12-4-5-12;1-10-18-7-11(8-19-10)14-6-15-13(9-20-14)17(2,3)16(22)21(15)12-4-5-12;7-5-3-1-2-4-6-5/h6-10,12H,4-5H2,1-3H3;6-9,12H,4-5H2,1-3H3;1-4H,(H,6,7). The Labute approximate surface area is 297 Å². The smallest absolute Gasteiger partial charge is 0.247 e. The predicted octanol–water partition coefficient (Wildman–Crippen LogP) is 6.25. The number of hydrogen-bond acceptors (Lipinski definition) is 8. The summed E-state index contributed by atoms with van der Waals surface area (Å²) in [4.78, 5) is 63.9. The molecule has 2 aliphatic carbocycles. The Morgan fingerprint density at radius 3 is 1.71 bits per heavy atom. The van der Waals surface area contributed by atoms with Crippen LogP contribution in [0.1, 0.15) is 75.9 Å². The summed E-state index contributed by atoms with van der Waals surface area (Å²) in [7, 11) is 0. The fourth-order valence-electron chi connectivity index (χ4n) is 6.66. The maximum absolute atomic E-state index is 12.8. The van der Waals surface area contributed by atoms with Gasteiger partial charge in [-0.3, -0.25) is 29.3 Å². The van der Waals surface area contributed by atoms with E-state index in [1.807, 2.05) is 82.1 Å². The first-order valence-electron chi connectivity index (χ1n) is 17.4. The second-order valence-corrected chi connectivity index (χ2v) is 14.7. The highest BCUT2D eigenvalue weighted by molar-refractivity contribution is 6.09. The van der Waals surface area contributed by atoms with Gasteiger partial charge in [-0.15, -0.1) is 0 Å². The van der Waals surface area contributed by atoms with E-state index in [0.29, 0.717) is 12.1 Å². The van der Waals surface area contributed by atoms with E-state index in [1.165, 1.54) is 6.07 Å². The summed E-state index contributed by atoms with van der Waals surface area (Å²) in [6, 6.07) is 11.7. The van der Waals surface area contributed by atoms with E-state index in [4.69, 9.17) is 0 Å². The minimum absolute atomic E-state index is 0.0532. The molecular formula is C40H42N8O3. The largest absolute Gasteiger partial charge is 0.329 e. The molecule has 5 aromatic heterocycles. The number of fused-ring (bicyclic) bond motifs is 2. The van der Waals surface area contributed by atoms with Crippen molar-refractivity contribution >= 4 is 23.2 Å². The number of nitrogens with zero attached hydrogens (tertiary/aromatic N) is 7. The van der Waals surface area contributed by atoms with Gasteiger partial charge in [0.15, 0.2) is 0 Å². The number of hydrogen-bond donors (Lipinski definition) is 1. The minimum Gasteiger partial charge on any atom is -0.329 e. The lowest BCUT2D eigenvalue weighted by atomic mass is 9.87. The number of aryl methyl sites for hydroxylation is 2. The first-order chi connectivity index (χ1) is 24.4. The topological polar surface area (TPSA) is 138 Å². The first kappa shape index (κ1) is 33.9. The van der Waals surface area contributed by atoms with Crippen LogP contribution in [0.4, 0.5) is 11.4 Å². The predicted molar refractivity (Wildman–Crippen MR) is 196 cm³/mol. The molecule has 2 fully saturated rings. The number of nitrogens with one attached hydrogen (secondary N) is 1. The van der Waals surface area contributed by atoms with Gasteiger partial charge >= 0.3 is 0 Å². The van der Waals surface area contributed by atoms with Crippen molar-refractivity contribution in [2.75, 3.05) is 9.80 Å². The van der Waals surface area contributed by atoms with Crippen molar-refractivity contribution in [1.29, 1.82) is 0 Å². The second kappa shape index (κ2) is 12.9. The third-order valence-electron chi connectivity index (χ3n) is 10.0. The molecule has 0 bridgehead atoms. The van der Waals surface area contributed by atoms with Gasteiger partial charge in [0.05, 0.1) is 33.6 Å². The highest BCUT2D eigenvalue weighted by Crippen LogP contribution is 2.48. The van der Waals surface area contributed by atoms with Crippen molar-refractivity contribution in [3.05, 3.63) is 113 Å². The summed E-state index contributed by atoms with van der Waals surface area (Å²) in [6.07, 6.45) is 16.9. The Morgan fingerprint density at radius 2 is 1.24 bits per heavy atom. The van der Waals surface area contributed by atoms with Crippen molar-refractivity contribution < 1.29 is 9.59 Å². The third-order valence-corrected chi connectivity index (χ3v) is 10.0. The zero-order valence-corrected chi connectivity index (χ0v) is 29.8. The van der Waals surface area contributed by atoms with E-state index in [-0.39, 0.29) is 17.4 Å². The van der Waals surface area contributed by atoms with Gasteiger partial charge in [-0.05, 0) is 97.1 Å². The molecule has 2 aliphatic heterocycles. The molecule has 9 rings (SSSR count). The normalized spacial score (nSPS) is 17.9. The van der Waals surface area contributed by atoms with Crippen LogP contribution in [0.3, 0.4) is 0 Å². The van der Waals surface area contributed by atoms with Crippen molar-refractivity contribution in [3.63, 3.8) is 0 Å². The SMILES string of the molecule is Cc1cnccc1-c1cc2c(cn1)C(C)(C)C(=O)N2C1CC1.Cc1ncc(-c2cc3c(cn2)C(C)(C)C(=O)N3C2CC2)cn1.O=c1cccc[nH]1. The number of amides is 2. The van der Waals surface area contributed by atoms with E-state index in [2.05, 4.69) is 36.0 Å². The lowest BCUT2D eigenvalue weighted by Gasteiger charge is -2.19. The maximum atomic E-state index is 12.8. The maximum Gasteiger partial charge on any atom is 0.247 e. The molecule has 0 radical (unpaired) electrons. The molecular weight excluding hydrogens is 640 g/mol. The summed E-state index contributed by atoms with van der Waals surface area (Å²) in [5.74, 6) is 1.13. The van der Waals surface area contributed by atoms with E-state index < -0.39 is 10.8 Å². The Balaban J connectivity index is 0.000000134. The Kier molecular flexibility index (Phi) is 8.61. The monoisotopic (exact) mass is 682 g/mol. The average Bonchev–Trinajstić information content (AvgIpc) is 4.06. The zero-order chi connectivity index (χ0) is 36.1. The molecule has 260 valence electrons. The molecule has 5 aromatic rings. The molecule has 11 heteroatoms. The number of aromatic nitrogens is 6. The molecule has 11 nitrogen and oxygen atoms in total. The number of rotatable bonds is 4. The number of pyridine rings is 4. The van der Waals surface area contributed by atoms with Gasteiger partial charge in [-0.2, -0.15) is 0 Å². The van der Waals surface area contributed by atoms with Crippen LogP contribution >= 0.6 is 0 Å². The van der Waals surface area contributed by atoms with Crippen LogP contribution in [0.2, 0.25) is 0 Å². The van der Waals surface area contributed by atoms with Crippen molar-refractivity contribution in [3.8, 4) is 22.5 Å². The van der Waals surface area contributed by atoms with E-state index >= 15 is 0 Å². The Morgan fingerprint density at radius 1 is 0.686 bits per heavy atom. The summed E-state index contributed by atoms with van der Waals surface area (Å²) < 4.78 is 0. The van der Waals surface area contributed by atoms with E-state index in [1.54, 1.807) is 36.9 Å².